The summed E-state index contributed by atoms with van der Waals surface area (Å²) in [6, 6.07) is 1.92. The minimum absolute atomic E-state index is 0.159. The van der Waals surface area contributed by atoms with Gasteiger partial charge in [-0.3, -0.25) is 0 Å². The Morgan fingerprint density at radius 2 is 2.25 bits per heavy atom. The molecule has 0 atom stereocenters. The highest BCUT2D eigenvalue weighted by atomic mass is 32.2. The number of hydrogen-bond donors (Lipinski definition) is 0. The van der Waals surface area contributed by atoms with Gasteiger partial charge in [-0.2, -0.15) is 16.6 Å². The van der Waals surface area contributed by atoms with Crippen LogP contribution in [-0.4, -0.2) is 14.7 Å². The lowest BCUT2D eigenvalue weighted by molar-refractivity contribution is 0.601. The fraction of sp³-hybridized carbons (Fsp3) is 0.286. The van der Waals surface area contributed by atoms with Crippen LogP contribution in [0.1, 0.15) is 5.56 Å². The van der Waals surface area contributed by atoms with Crippen LogP contribution in [-0.2, 0) is 16.3 Å². The van der Waals surface area contributed by atoms with E-state index in [1.807, 2.05) is 6.07 Å². The van der Waals surface area contributed by atoms with E-state index >= 15 is 0 Å². The third-order valence-electron chi connectivity index (χ3n) is 1.37. The first-order valence-electron chi connectivity index (χ1n) is 3.18. The molecule has 1 heterocycles. The van der Waals surface area contributed by atoms with Crippen LogP contribution < -0.4 is 0 Å². The summed E-state index contributed by atoms with van der Waals surface area (Å²) in [7, 11) is -3.15. The van der Waals surface area contributed by atoms with E-state index in [0.29, 0.717) is 5.56 Å². The molecule has 5 heteroatoms. The molecule has 3 nitrogen and oxygen atoms in total. The summed E-state index contributed by atoms with van der Waals surface area (Å²) < 4.78 is 22.2. The first kappa shape index (κ1) is 9.23. The van der Waals surface area contributed by atoms with Crippen molar-refractivity contribution in [3.63, 3.8) is 0 Å². The van der Waals surface area contributed by atoms with Crippen LogP contribution in [0, 0.1) is 11.3 Å². The van der Waals surface area contributed by atoms with Gasteiger partial charge >= 0.3 is 0 Å². The van der Waals surface area contributed by atoms with Gasteiger partial charge in [0.1, 0.15) is 0 Å². The van der Waals surface area contributed by atoms with E-state index in [9.17, 15) is 8.42 Å². The average molecular weight is 201 g/mol. The summed E-state index contributed by atoms with van der Waals surface area (Å²) in [6.45, 7) is 0. The quantitative estimate of drug-likeness (QED) is 0.722. The van der Waals surface area contributed by atoms with E-state index in [-0.39, 0.29) is 11.3 Å². The standard InChI is InChI=1S/C7H7NO2S2/c1-12(9,10)7-5-11-4-6(7)2-3-8/h4-5H,2H2,1H3. The first-order valence-corrected chi connectivity index (χ1v) is 6.01. The molecule has 64 valence electrons. The smallest absolute Gasteiger partial charge is 0.176 e. The molecule has 0 unspecified atom stereocenters. The topological polar surface area (TPSA) is 57.9 Å². The van der Waals surface area contributed by atoms with Crippen LogP contribution in [0.25, 0.3) is 0 Å². The molecular formula is C7H7NO2S2. The summed E-state index contributed by atoms with van der Waals surface area (Å²) in [5.41, 5.74) is 0.602. The van der Waals surface area contributed by atoms with Gasteiger partial charge in [0.2, 0.25) is 0 Å². The van der Waals surface area contributed by atoms with Crippen molar-refractivity contribution >= 4 is 21.2 Å². The van der Waals surface area contributed by atoms with E-state index in [1.165, 1.54) is 11.3 Å². The summed E-state index contributed by atoms with van der Waals surface area (Å²) in [5.74, 6) is 0. The summed E-state index contributed by atoms with van der Waals surface area (Å²) in [4.78, 5) is 0.286. The molecule has 1 aromatic heterocycles. The lowest BCUT2D eigenvalue weighted by atomic mass is 10.3. The minimum Gasteiger partial charge on any atom is -0.224 e. The molecule has 0 aliphatic rings. The average Bonchev–Trinajstić information content (AvgIpc) is 2.34. The van der Waals surface area contributed by atoms with E-state index < -0.39 is 9.84 Å². The van der Waals surface area contributed by atoms with Gasteiger partial charge in [0.05, 0.1) is 17.4 Å². The van der Waals surface area contributed by atoms with E-state index in [1.54, 1.807) is 10.8 Å². The van der Waals surface area contributed by atoms with Crippen molar-refractivity contribution in [2.24, 2.45) is 0 Å². The molecule has 0 spiro atoms. The fourth-order valence-corrected chi connectivity index (χ4v) is 3.12. The molecular weight excluding hydrogens is 194 g/mol. The normalized spacial score (nSPS) is 11.0. The number of rotatable bonds is 2. The molecule has 12 heavy (non-hydrogen) atoms. The Morgan fingerprint density at radius 3 is 2.75 bits per heavy atom. The Kier molecular flexibility index (Phi) is 2.50. The van der Waals surface area contributed by atoms with E-state index in [0.717, 1.165) is 6.26 Å². The molecule has 0 aliphatic heterocycles. The Balaban J connectivity index is 3.19. The molecule has 1 aromatic rings. The maximum absolute atomic E-state index is 11.1. The van der Waals surface area contributed by atoms with Crippen molar-refractivity contribution in [1.29, 1.82) is 5.26 Å². The highest BCUT2D eigenvalue weighted by Gasteiger charge is 2.13. The zero-order valence-electron chi connectivity index (χ0n) is 6.44. The SMILES string of the molecule is CS(=O)(=O)c1cscc1CC#N. The van der Waals surface area contributed by atoms with Crippen LogP contribution in [0.15, 0.2) is 15.7 Å². The van der Waals surface area contributed by atoms with Crippen LogP contribution in [0.3, 0.4) is 0 Å². The third-order valence-corrected chi connectivity index (χ3v) is 3.49. The van der Waals surface area contributed by atoms with E-state index in [2.05, 4.69) is 0 Å². The minimum atomic E-state index is -3.15. The highest BCUT2D eigenvalue weighted by molar-refractivity contribution is 7.90. The maximum atomic E-state index is 11.1. The third kappa shape index (κ3) is 1.84. The van der Waals surface area contributed by atoms with Crippen LogP contribution in [0.4, 0.5) is 0 Å². The molecule has 0 bridgehead atoms. The second kappa shape index (κ2) is 3.25. The Bertz CT molecular complexity index is 411. The Labute approximate surface area is 75.2 Å². The van der Waals surface area contributed by atoms with Crippen molar-refractivity contribution in [3.8, 4) is 6.07 Å². The molecule has 0 aliphatic carbocycles. The highest BCUT2D eigenvalue weighted by Crippen LogP contribution is 2.20. The largest absolute Gasteiger partial charge is 0.224 e. The number of thiophene rings is 1. The van der Waals surface area contributed by atoms with Gasteiger partial charge in [-0.25, -0.2) is 8.42 Å². The predicted molar refractivity (Wildman–Crippen MR) is 46.7 cm³/mol. The summed E-state index contributed by atoms with van der Waals surface area (Å²) in [6.07, 6.45) is 1.31. The fourth-order valence-electron chi connectivity index (χ4n) is 0.851. The van der Waals surface area contributed by atoms with Crippen molar-refractivity contribution in [3.05, 3.63) is 16.3 Å². The number of sulfone groups is 1. The Hall–Kier alpha value is -0.860. The van der Waals surface area contributed by atoms with Crippen molar-refractivity contribution in [2.75, 3.05) is 6.26 Å². The molecule has 0 radical (unpaired) electrons. The molecule has 0 amide bonds. The van der Waals surface area contributed by atoms with E-state index in [4.69, 9.17) is 5.26 Å². The molecule has 0 N–H and O–H groups in total. The maximum Gasteiger partial charge on any atom is 0.176 e. The van der Waals surface area contributed by atoms with Crippen LogP contribution >= 0.6 is 11.3 Å². The summed E-state index contributed by atoms with van der Waals surface area (Å²) in [5, 5.41) is 11.6. The van der Waals surface area contributed by atoms with Gasteiger partial charge in [-0.05, 0) is 10.9 Å². The van der Waals surface area contributed by atoms with Crippen molar-refractivity contribution in [2.45, 2.75) is 11.3 Å². The van der Waals surface area contributed by atoms with Gasteiger partial charge in [-0.15, -0.1) is 0 Å². The van der Waals surface area contributed by atoms with Crippen molar-refractivity contribution < 1.29 is 8.42 Å². The summed E-state index contributed by atoms with van der Waals surface area (Å²) >= 11 is 1.30. The zero-order chi connectivity index (χ0) is 9.19. The lowest BCUT2D eigenvalue weighted by Gasteiger charge is -1.95. The van der Waals surface area contributed by atoms with Gasteiger partial charge < -0.3 is 0 Å². The second-order valence-corrected chi connectivity index (χ2v) is 5.10. The monoisotopic (exact) mass is 201 g/mol. The molecule has 0 fully saturated rings. The second-order valence-electron chi connectivity index (χ2n) is 2.37. The van der Waals surface area contributed by atoms with Crippen LogP contribution in [0.5, 0.6) is 0 Å². The predicted octanol–water partition coefficient (Wildman–Crippen LogP) is 1.22. The van der Waals surface area contributed by atoms with Gasteiger partial charge in [-0.1, -0.05) is 0 Å². The molecule has 0 aromatic carbocycles. The van der Waals surface area contributed by atoms with Gasteiger partial charge in [0.25, 0.3) is 0 Å². The zero-order valence-corrected chi connectivity index (χ0v) is 8.08. The first-order chi connectivity index (χ1) is 5.55. The van der Waals surface area contributed by atoms with Gasteiger partial charge in [0.15, 0.2) is 9.84 Å². The van der Waals surface area contributed by atoms with Crippen LogP contribution in [0.2, 0.25) is 0 Å². The molecule has 0 saturated heterocycles. The molecule has 1 rings (SSSR count). The van der Waals surface area contributed by atoms with Crippen molar-refractivity contribution in [1.82, 2.24) is 0 Å². The van der Waals surface area contributed by atoms with Gasteiger partial charge in [0, 0.05) is 11.6 Å². The number of hydrogen-bond acceptors (Lipinski definition) is 4. The Morgan fingerprint density at radius 1 is 1.58 bits per heavy atom. The number of nitrogens with zero attached hydrogens (tertiary/aromatic N) is 1. The lowest BCUT2D eigenvalue weighted by Crippen LogP contribution is -1.98. The molecule has 0 saturated carbocycles. The number of nitriles is 1.